The lowest BCUT2D eigenvalue weighted by Gasteiger charge is -2.34. The molecule has 0 amide bonds. The minimum absolute atomic E-state index is 0. The van der Waals surface area contributed by atoms with Gasteiger partial charge in [-0.2, -0.15) is 0 Å². The van der Waals surface area contributed by atoms with Gasteiger partial charge in [-0.25, -0.2) is 0 Å². The zero-order valence-electron chi connectivity index (χ0n) is 15.6. The molecule has 2 N–H and O–H groups in total. The number of hydrogen-bond acceptors (Lipinski definition) is 2. The molecular weight excluding hydrogens is 505 g/mol. The van der Waals surface area contributed by atoms with Gasteiger partial charge in [-0.3, -0.25) is 4.99 Å². The summed E-state index contributed by atoms with van der Waals surface area (Å²) < 4.78 is 1.15. The van der Waals surface area contributed by atoms with Crippen LogP contribution in [0.25, 0.3) is 0 Å². The van der Waals surface area contributed by atoms with Crippen LogP contribution in [-0.2, 0) is 5.41 Å². The van der Waals surface area contributed by atoms with Crippen LogP contribution in [0.4, 0.5) is 0 Å². The monoisotopic (exact) mass is 535 g/mol. The van der Waals surface area contributed by atoms with E-state index in [2.05, 4.69) is 57.3 Å². The van der Waals surface area contributed by atoms with Crippen molar-refractivity contribution in [2.75, 3.05) is 26.2 Å². The second-order valence-corrected chi connectivity index (χ2v) is 8.30. The summed E-state index contributed by atoms with van der Waals surface area (Å²) in [5.74, 6) is 1.01. The van der Waals surface area contributed by atoms with Gasteiger partial charge in [0.05, 0.1) is 12.6 Å². The fraction of sp³-hybridized carbons (Fsp3) is 0.650. The van der Waals surface area contributed by atoms with Crippen molar-refractivity contribution in [2.24, 2.45) is 4.99 Å². The van der Waals surface area contributed by atoms with E-state index in [9.17, 15) is 5.11 Å². The smallest absolute Gasteiger partial charge is 0.193 e. The first-order chi connectivity index (χ1) is 12.1. The van der Waals surface area contributed by atoms with Crippen molar-refractivity contribution in [2.45, 2.75) is 57.0 Å². The van der Waals surface area contributed by atoms with E-state index in [4.69, 9.17) is 4.99 Å². The normalized spacial score (nSPS) is 20.7. The Kier molecular flexibility index (Phi) is 8.67. The van der Waals surface area contributed by atoms with Gasteiger partial charge in [-0.15, -0.1) is 24.0 Å². The number of halogens is 2. The Morgan fingerprint density at radius 1 is 1.31 bits per heavy atom. The Labute approximate surface area is 183 Å². The van der Waals surface area contributed by atoms with Crippen LogP contribution in [0.15, 0.2) is 33.7 Å². The topological polar surface area (TPSA) is 47.9 Å². The van der Waals surface area contributed by atoms with E-state index in [1.54, 1.807) is 0 Å². The predicted octanol–water partition coefficient (Wildman–Crippen LogP) is 4.30. The fourth-order valence-electron chi connectivity index (χ4n) is 4.14. The third-order valence-electron chi connectivity index (χ3n) is 5.63. The highest BCUT2D eigenvalue weighted by molar-refractivity contribution is 14.0. The Hall–Kier alpha value is -0.340. The van der Waals surface area contributed by atoms with Crippen molar-refractivity contribution in [3.8, 4) is 0 Å². The summed E-state index contributed by atoms with van der Waals surface area (Å²) in [5, 5.41) is 13.2. The van der Waals surface area contributed by atoms with Crippen LogP contribution in [0.2, 0.25) is 0 Å². The molecule has 1 saturated heterocycles. The Balaban J connectivity index is 0.00000243. The molecule has 0 bridgehead atoms. The number of piperidine rings is 1. The van der Waals surface area contributed by atoms with Crippen LogP contribution in [-0.4, -0.2) is 48.2 Å². The average molecular weight is 536 g/mol. The molecule has 0 unspecified atom stereocenters. The van der Waals surface area contributed by atoms with E-state index in [0.29, 0.717) is 0 Å². The van der Waals surface area contributed by atoms with Gasteiger partial charge in [0.15, 0.2) is 5.96 Å². The zero-order valence-corrected chi connectivity index (χ0v) is 19.5. The molecule has 2 aliphatic rings. The van der Waals surface area contributed by atoms with Crippen molar-refractivity contribution in [3.63, 3.8) is 0 Å². The van der Waals surface area contributed by atoms with E-state index >= 15 is 0 Å². The highest BCUT2D eigenvalue weighted by Crippen LogP contribution is 2.42. The Morgan fingerprint density at radius 2 is 2.00 bits per heavy atom. The summed E-state index contributed by atoms with van der Waals surface area (Å²) >= 11 is 3.63. The molecule has 0 radical (unpaired) electrons. The first-order valence-electron chi connectivity index (χ1n) is 9.60. The first-order valence-corrected chi connectivity index (χ1v) is 10.4. The van der Waals surface area contributed by atoms with Gasteiger partial charge in [0.2, 0.25) is 0 Å². The number of aliphatic hydroxyl groups is 1. The van der Waals surface area contributed by atoms with Crippen molar-refractivity contribution in [1.82, 2.24) is 10.2 Å². The van der Waals surface area contributed by atoms with Crippen molar-refractivity contribution in [1.29, 1.82) is 0 Å². The van der Waals surface area contributed by atoms with Gasteiger partial charge in [0, 0.05) is 29.5 Å². The van der Waals surface area contributed by atoms with Crippen molar-refractivity contribution in [3.05, 3.63) is 34.3 Å². The number of aliphatic hydroxyl groups excluding tert-OH is 1. The molecule has 0 atom stereocenters. The average Bonchev–Trinajstić information content (AvgIpc) is 3.10. The van der Waals surface area contributed by atoms with Crippen molar-refractivity contribution < 1.29 is 5.11 Å². The number of nitrogens with zero attached hydrogens (tertiary/aromatic N) is 2. The van der Waals surface area contributed by atoms with Crippen molar-refractivity contribution >= 4 is 45.9 Å². The van der Waals surface area contributed by atoms with Gasteiger partial charge < -0.3 is 15.3 Å². The first kappa shape index (κ1) is 22.0. The van der Waals surface area contributed by atoms with Crippen LogP contribution >= 0.6 is 39.9 Å². The van der Waals surface area contributed by atoms with E-state index in [0.717, 1.165) is 49.5 Å². The van der Waals surface area contributed by atoms with E-state index < -0.39 is 0 Å². The Morgan fingerprint density at radius 3 is 2.62 bits per heavy atom. The number of hydrogen-bond donors (Lipinski definition) is 2. The maximum absolute atomic E-state index is 9.77. The minimum atomic E-state index is -0.151. The molecule has 3 rings (SSSR count). The van der Waals surface area contributed by atoms with Gasteiger partial charge in [-0.05, 0) is 50.3 Å². The number of likely N-dealkylation sites (tertiary alicyclic amines) is 1. The van der Waals surface area contributed by atoms with Crippen LogP contribution in [0.3, 0.4) is 0 Å². The van der Waals surface area contributed by atoms with E-state index in [1.165, 1.54) is 31.2 Å². The van der Waals surface area contributed by atoms with Gasteiger partial charge >= 0.3 is 0 Å². The number of guanidine groups is 1. The summed E-state index contributed by atoms with van der Waals surface area (Å²) in [7, 11) is 0. The quantitative estimate of drug-likeness (QED) is 0.343. The summed E-state index contributed by atoms with van der Waals surface area (Å²) in [5.41, 5.74) is 1.58. The van der Waals surface area contributed by atoms with Gasteiger partial charge in [0.1, 0.15) is 0 Å². The highest BCUT2D eigenvalue weighted by atomic mass is 127. The lowest BCUT2D eigenvalue weighted by molar-refractivity contribution is 0.108. The third kappa shape index (κ3) is 5.35. The fourth-order valence-corrected chi connectivity index (χ4v) is 4.54. The molecule has 1 heterocycles. The second kappa shape index (κ2) is 10.3. The molecule has 1 aliphatic carbocycles. The maximum atomic E-state index is 9.77. The largest absolute Gasteiger partial charge is 0.393 e. The molecule has 6 heteroatoms. The van der Waals surface area contributed by atoms with Crippen LogP contribution < -0.4 is 5.32 Å². The predicted molar refractivity (Wildman–Crippen MR) is 122 cm³/mol. The van der Waals surface area contributed by atoms with Crippen LogP contribution in [0.5, 0.6) is 0 Å². The molecular formula is C20H31BrIN3O. The van der Waals surface area contributed by atoms with Gasteiger partial charge in [-0.1, -0.05) is 40.9 Å². The molecule has 2 fully saturated rings. The van der Waals surface area contributed by atoms with Crippen LogP contribution in [0.1, 0.15) is 51.0 Å². The lowest BCUT2D eigenvalue weighted by Crippen LogP contribution is -2.47. The molecule has 1 aromatic carbocycles. The van der Waals surface area contributed by atoms with E-state index in [-0.39, 0.29) is 35.5 Å². The lowest BCUT2D eigenvalue weighted by atomic mass is 9.79. The molecule has 0 aromatic heterocycles. The maximum Gasteiger partial charge on any atom is 0.193 e. The second-order valence-electron chi connectivity index (χ2n) is 7.39. The number of rotatable bonds is 4. The molecule has 1 aliphatic heterocycles. The summed E-state index contributed by atoms with van der Waals surface area (Å²) in [6.07, 6.45) is 6.52. The Bertz CT molecular complexity index is 596. The molecule has 1 aromatic rings. The van der Waals surface area contributed by atoms with Crippen LogP contribution in [0, 0.1) is 0 Å². The molecule has 1 saturated carbocycles. The third-order valence-corrected chi connectivity index (χ3v) is 6.12. The summed E-state index contributed by atoms with van der Waals surface area (Å²) in [6.45, 7) is 5.61. The molecule has 0 spiro atoms. The number of nitrogens with one attached hydrogen (secondary N) is 1. The molecule has 26 heavy (non-hydrogen) atoms. The van der Waals surface area contributed by atoms with E-state index in [1.807, 2.05) is 0 Å². The minimum Gasteiger partial charge on any atom is -0.393 e. The zero-order chi connectivity index (χ0) is 17.7. The summed E-state index contributed by atoms with van der Waals surface area (Å²) in [4.78, 5) is 7.36. The number of benzene rings is 1. The SMILES string of the molecule is CCNC(=NCC1(c2cccc(Br)c2)CCCC1)N1CCC(O)CC1.I. The summed E-state index contributed by atoms with van der Waals surface area (Å²) in [6, 6.07) is 8.76. The number of aliphatic imine (C=N–C) groups is 1. The highest BCUT2D eigenvalue weighted by Gasteiger charge is 2.36. The standard InChI is InChI=1S/C20H30BrN3O.HI/c1-2-22-19(24-12-8-18(25)9-13-24)23-15-20(10-3-4-11-20)16-6-5-7-17(21)14-16;/h5-7,14,18,25H,2-4,8-13,15H2,1H3,(H,22,23);1H. The molecule has 4 nitrogen and oxygen atoms in total. The molecule has 146 valence electrons. The van der Waals surface area contributed by atoms with Gasteiger partial charge in [0.25, 0.3) is 0 Å².